The van der Waals surface area contributed by atoms with E-state index < -0.39 is 23.7 Å². The lowest BCUT2D eigenvalue weighted by atomic mass is 9.75. The molecule has 1 aliphatic rings. The summed E-state index contributed by atoms with van der Waals surface area (Å²) in [7, 11) is 0. The van der Waals surface area contributed by atoms with Crippen molar-refractivity contribution in [2.75, 3.05) is 6.61 Å². The number of aromatic nitrogens is 2. The summed E-state index contributed by atoms with van der Waals surface area (Å²) in [4.78, 5) is 16.7. The van der Waals surface area contributed by atoms with Crippen LogP contribution in [0.3, 0.4) is 0 Å². The Bertz CT molecular complexity index is 1610. The van der Waals surface area contributed by atoms with Crippen molar-refractivity contribution in [3.63, 3.8) is 0 Å². The molecule has 1 unspecified atom stereocenters. The second-order valence-electron chi connectivity index (χ2n) is 10.3. The molecule has 6 nitrogen and oxygen atoms in total. The summed E-state index contributed by atoms with van der Waals surface area (Å²) in [6.07, 6.45) is 5.96. The molecule has 1 aromatic heterocycles. The number of carboxylic acid groups (broad SMARTS) is 1. The predicted octanol–water partition coefficient (Wildman–Crippen LogP) is 6.28. The highest BCUT2D eigenvalue weighted by atomic mass is 16.5. The van der Waals surface area contributed by atoms with Crippen molar-refractivity contribution in [1.29, 1.82) is 5.26 Å². The highest BCUT2D eigenvalue weighted by Gasteiger charge is 2.44. The maximum absolute atomic E-state index is 11.8. The largest absolute Gasteiger partial charge is 0.480 e. The van der Waals surface area contributed by atoms with Crippen LogP contribution in [-0.4, -0.2) is 27.2 Å². The number of aryl methyl sites for hydroxylation is 1. The normalized spacial score (nSPS) is 16.5. The van der Waals surface area contributed by atoms with Crippen LogP contribution in [0.25, 0.3) is 0 Å². The summed E-state index contributed by atoms with van der Waals surface area (Å²) in [5.41, 5.74) is 4.40. The summed E-state index contributed by atoms with van der Waals surface area (Å²) >= 11 is 0. The molecule has 6 rings (SSSR count). The Balaban J connectivity index is 1.61. The van der Waals surface area contributed by atoms with Crippen molar-refractivity contribution in [2.45, 2.75) is 30.4 Å². The number of fused-ring (bicyclic) bond motifs is 1. The molecule has 0 fully saturated rings. The molecule has 202 valence electrons. The number of carbonyl (C=O) groups is 1. The van der Waals surface area contributed by atoms with Gasteiger partial charge in [-0.1, -0.05) is 97.1 Å². The van der Waals surface area contributed by atoms with Gasteiger partial charge in [0.1, 0.15) is 17.7 Å². The van der Waals surface area contributed by atoms with Gasteiger partial charge in [-0.15, -0.1) is 0 Å². The van der Waals surface area contributed by atoms with Crippen LogP contribution in [0.5, 0.6) is 0 Å². The average molecular weight is 540 g/mol. The topological polar surface area (TPSA) is 88.1 Å². The van der Waals surface area contributed by atoms with Gasteiger partial charge in [0.15, 0.2) is 0 Å². The average Bonchev–Trinajstić information content (AvgIpc) is 3.53. The Kier molecular flexibility index (Phi) is 6.96. The minimum Gasteiger partial charge on any atom is -0.480 e. The fourth-order valence-electron chi connectivity index (χ4n) is 6.30. The molecule has 0 bridgehead atoms. The summed E-state index contributed by atoms with van der Waals surface area (Å²) < 4.78 is 8.42. The molecule has 0 radical (unpaired) electrons. The van der Waals surface area contributed by atoms with Crippen LogP contribution in [0, 0.1) is 11.3 Å². The smallest absolute Gasteiger partial charge is 0.329 e. The van der Waals surface area contributed by atoms with E-state index in [-0.39, 0.29) is 0 Å². The van der Waals surface area contributed by atoms with Crippen LogP contribution in [0.1, 0.15) is 51.9 Å². The molecule has 4 aromatic carbocycles. The zero-order valence-corrected chi connectivity index (χ0v) is 22.5. The quantitative estimate of drug-likeness (QED) is 0.235. The van der Waals surface area contributed by atoms with Crippen molar-refractivity contribution >= 4 is 5.97 Å². The molecule has 41 heavy (non-hydrogen) atoms. The molecule has 1 N–H and O–H groups in total. The molecule has 1 atom stereocenters. The molecule has 6 heteroatoms. The Morgan fingerprint density at radius 1 is 0.927 bits per heavy atom. The third kappa shape index (κ3) is 4.51. The third-order valence-corrected chi connectivity index (χ3v) is 8.04. The summed E-state index contributed by atoms with van der Waals surface area (Å²) in [6, 6.07) is 38.7. The van der Waals surface area contributed by atoms with Gasteiger partial charge in [-0.2, -0.15) is 5.26 Å². The second-order valence-corrected chi connectivity index (χ2v) is 10.3. The highest BCUT2D eigenvalue weighted by Crippen LogP contribution is 2.46. The molecule has 0 spiro atoms. The van der Waals surface area contributed by atoms with Gasteiger partial charge in [0, 0.05) is 6.20 Å². The van der Waals surface area contributed by atoms with Crippen molar-refractivity contribution < 1.29 is 14.6 Å². The van der Waals surface area contributed by atoms with Gasteiger partial charge in [0.2, 0.25) is 0 Å². The number of aliphatic carboxylic acids is 1. The number of rotatable bonds is 8. The first-order chi connectivity index (χ1) is 20.1. The molecule has 0 saturated carbocycles. The van der Waals surface area contributed by atoms with Crippen molar-refractivity contribution in [2.24, 2.45) is 0 Å². The van der Waals surface area contributed by atoms with Gasteiger partial charge < -0.3 is 14.4 Å². The number of carboxylic acids is 1. The molecule has 1 aliphatic carbocycles. The fraction of sp³-hybridized carbons (Fsp3) is 0.171. The Hall–Kier alpha value is -4.99. The number of benzene rings is 4. The zero-order valence-electron chi connectivity index (χ0n) is 22.5. The lowest BCUT2D eigenvalue weighted by Crippen LogP contribution is -2.38. The molecule has 0 amide bonds. The summed E-state index contributed by atoms with van der Waals surface area (Å²) in [5.74, 6) is -1.04. The van der Waals surface area contributed by atoms with E-state index in [2.05, 4.69) is 47.0 Å². The molecular formula is C35H29N3O3. The van der Waals surface area contributed by atoms with E-state index in [9.17, 15) is 15.2 Å². The molecule has 0 saturated heterocycles. The molecule has 5 aromatic rings. The maximum atomic E-state index is 11.8. The van der Waals surface area contributed by atoms with Crippen LogP contribution in [0.2, 0.25) is 0 Å². The van der Waals surface area contributed by atoms with Crippen molar-refractivity contribution in [3.05, 3.63) is 161 Å². The van der Waals surface area contributed by atoms with Gasteiger partial charge in [-0.25, -0.2) is 9.78 Å². The summed E-state index contributed by atoms with van der Waals surface area (Å²) in [5, 5.41) is 19.1. The Morgan fingerprint density at radius 3 is 2.05 bits per heavy atom. The number of nitrogens with zero attached hydrogens (tertiary/aromatic N) is 3. The number of hydrogen-bond donors (Lipinski definition) is 1. The highest BCUT2D eigenvalue weighted by molar-refractivity contribution is 5.68. The third-order valence-electron chi connectivity index (χ3n) is 8.04. The monoisotopic (exact) mass is 539 g/mol. The molecular weight excluding hydrogens is 510 g/mol. The first-order valence-electron chi connectivity index (χ1n) is 13.7. The van der Waals surface area contributed by atoms with E-state index >= 15 is 0 Å². The van der Waals surface area contributed by atoms with Gasteiger partial charge in [0.25, 0.3) is 0 Å². The zero-order chi connectivity index (χ0) is 28.3. The van der Waals surface area contributed by atoms with E-state index in [1.54, 1.807) is 6.07 Å². The summed E-state index contributed by atoms with van der Waals surface area (Å²) in [6.45, 7) is -0.465. The number of imidazole rings is 1. The van der Waals surface area contributed by atoms with Crippen LogP contribution < -0.4 is 0 Å². The Labute approximate surface area is 239 Å². The first-order valence-corrected chi connectivity index (χ1v) is 13.7. The van der Waals surface area contributed by atoms with Gasteiger partial charge >= 0.3 is 5.97 Å². The van der Waals surface area contributed by atoms with Crippen LogP contribution >= 0.6 is 0 Å². The SMILES string of the molecule is N#Cc1ccc2c(c1)CCCC2(OCC(=O)O)c1cn(C(c2ccccc2)(c2ccccc2)c2ccccc2)cn1. The lowest BCUT2D eigenvalue weighted by Gasteiger charge is -2.39. The van der Waals surface area contributed by atoms with E-state index in [1.807, 2.05) is 79.3 Å². The minimum absolute atomic E-state index is 0.465. The van der Waals surface area contributed by atoms with Gasteiger partial charge in [0.05, 0.1) is 23.7 Å². The molecule has 1 heterocycles. The Morgan fingerprint density at radius 2 is 1.51 bits per heavy atom. The van der Waals surface area contributed by atoms with Crippen LogP contribution in [0.4, 0.5) is 0 Å². The predicted molar refractivity (Wildman–Crippen MR) is 155 cm³/mol. The number of ether oxygens (including phenoxy) is 1. The minimum atomic E-state index is -1.07. The van der Waals surface area contributed by atoms with Gasteiger partial charge in [-0.3, -0.25) is 0 Å². The van der Waals surface area contributed by atoms with E-state index in [0.29, 0.717) is 17.7 Å². The lowest BCUT2D eigenvalue weighted by molar-refractivity contribution is -0.149. The van der Waals surface area contributed by atoms with Crippen molar-refractivity contribution in [1.82, 2.24) is 9.55 Å². The molecule has 0 aliphatic heterocycles. The fourth-order valence-corrected chi connectivity index (χ4v) is 6.30. The first kappa shape index (κ1) is 26.2. The second kappa shape index (κ2) is 10.9. The number of nitriles is 1. The van der Waals surface area contributed by atoms with Crippen LogP contribution in [0.15, 0.2) is 122 Å². The standard InChI is InChI=1S/C35H29N3O3/c36-22-26-18-19-31-27(21-26)11-10-20-34(31,41-24-33(39)40)32-23-38(25-37-32)35(28-12-4-1-5-13-28,29-14-6-2-7-15-29)30-16-8-3-9-17-30/h1-9,12-19,21,23,25H,10-11,20,24H2,(H,39,40). The number of hydrogen-bond acceptors (Lipinski definition) is 4. The van der Waals surface area contributed by atoms with E-state index in [1.165, 1.54) is 0 Å². The van der Waals surface area contributed by atoms with E-state index in [4.69, 9.17) is 9.72 Å². The van der Waals surface area contributed by atoms with Crippen molar-refractivity contribution in [3.8, 4) is 6.07 Å². The maximum Gasteiger partial charge on any atom is 0.329 e. The van der Waals surface area contributed by atoms with Gasteiger partial charge in [-0.05, 0) is 59.2 Å². The van der Waals surface area contributed by atoms with Crippen LogP contribution in [-0.2, 0) is 27.1 Å². The van der Waals surface area contributed by atoms with E-state index in [0.717, 1.165) is 40.7 Å².